The van der Waals surface area contributed by atoms with E-state index >= 15 is 0 Å². The van der Waals surface area contributed by atoms with E-state index in [0.717, 1.165) is 10.2 Å². The molecule has 0 amide bonds. The number of nitrogens with zero attached hydrogens (tertiary/aromatic N) is 1. The molecule has 1 aliphatic rings. The Hall–Kier alpha value is -0.410. The summed E-state index contributed by atoms with van der Waals surface area (Å²) in [6.07, 6.45) is 1.82. The standard InChI is InChI=1S/C10H13BrN2/c1-10(2)7(9(10)12)8-6(11)4-3-5-13-8/h3-5,7,9H,12H2,1-2H3/t7-,9-/m0/s1. The highest BCUT2D eigenvalue weighted by molar-refractivity contribution is 9.10. The van der Waals surface area contributed by atoms with Gasteiger partial charge in [0.1, 0.15) is 0 Å². The molecule has 2 atom stereocenters. The molecule has 1 saturated carbocycles. The molecule has 1 aromatic heterocycles. The molecular formula is C10H13BrN2. The summed E-state index contributed by atoms with van der Waals surface area (Å²) in [4.78, 5) is 4.36. The fourth-order valence-corrected chi connectivity index (χ4v) is 2.33. The van der Waals surface area contributed by atoms with Crippen LogP contribution in [0.5, 0.6) is 0 Å². The topological polar surface area (TPSA) is 38.9 Å². The van der Waals surface area contributed by atoms with Crippen LogP contribution in [0.25, 0.3) is 0 Å². The van der Waals surface area contributed by atoms with Crippen LogP contribution < -0.4 is 5.73 Å². The summed E-state index contributed by atoms with van der Waals surface area (Å²) in [6.45, 7) is 4.37. The second kappa shape index (κ2) is 2.79. The van der Waals surface area contributed by atoms with Crippen LogP contribution in [0.4, 0.5) is 0 Å². The second-order valence-electron chi connectivity index (χ2n) is 4.20. The molecule has 1 aliphatic carbocycles. The molecule has 2 rings (SSSR count). The summed E-state index contributed by atoms with van der Waals surface area (Å²) < 4.78 is 1.07. The van der Waals surface area contributed by atoms with E-state index in [-0.39, 0.29) is 11.5 Å². The van der Waals surface area contributed by atoms with Gasteiger partial charge >= 0.3 is 0 Å². The molecule has 1 heterocycles. The largest absolute Gasteiger partial charge is 0.327 e. The van der Waals surface area contributed by atoms with Crippen molar-refractivity contribution in [1.29, 1.82) is 0 Å². The van der Waals surface area contributed by atoms with E-state index in [2.05, 4.69) is 34.8 Å². The summed E-state index contributed by atoms with van der Waals surface area (Å²) in [5, 5.41) is 0. The molecule has 1 fully saturated rings. The van der Waals surface area contributed by atoms with Gasteiger partial charge in [-0.25, -0.2) is 0 Å². The van der Waals surface area contributed by atoms with E-state index in [1.54, 1.807) is 0 Å². The lowest BCUT2D eigenvalue weighted by Crippen LogP contribution is -2.06. The predicted molar refractivity (Wildman–Crippen MR) is 56.4 cm³/mol. The lowest BCUT2D eigenvalue weighted by molar-refractivity contribution is 0.595. The quantitative estimate of drug-likeness (QED) is 0.819. The van der Waals surface area contributed by atoms with Gasteiger partial charge in [0.15, 0.2) is 0 Å². The van der Waals surface area contributed by atoms with Gasteiger partial charge in [-0.15, -0.1) is 0 Å². The smallest absolute Gasteiger partial charge is 0.0597 e. The second-order valence-corrected chi connectivity index (χ2v) is 5.05. The Morgan fingerprint density at radius 2 is 2.15 bits per heavy atom. The van der Waals surface area contributed by atoms with Crippen LogP contribution in [-0.4, -0.2) is 11.0 Å². The number of aromatic nitrogens is 1. The Labute approximate surface area is 86.7 Å². The number of hydrogen-bond donors (Lipinski definition) is 1. The molecular weight excluding hydrogens is 228 g/mol. The van der Waals surface area contributed by atoms with Gasteiger partial charge in [0, 0.05) is 22.6 Å². The molecule has 70 valence electrons. The SMILES string of the molecule is CC1(C)[C@@H](N)[C@@H]1c1ncccc1Br. The van der Waals surface area contributed by atoms with E-state index < -0.39 is 0 Å². The molecule has 0 saturated heterocycles. The van der Waals surface area contributed by atoms with Crippen molar-refractivity contribution in [1.82, 2.24) is 4.98 Å². The summed E-state index contributed by atoms with van der Waals surface area (Å²) >= 11 is 3.50. The lowest BCUT2D eigenvalue weighted by Gasteiger charge is -2.03. The van der Waals surface area contributed by atoms with E-state index in [4.69, 9.17) is 5.73 Å². The van der Waals surface area contributed by atoms with E-state index in [9.17, 15) is 0 Å². The van der Waals surface area contributed by atoms with Crippen LogP contribution in [-0.2, 0) is 0 Å². The Morgan fingerprint density at radius 3 is 2.62 bits per heavy atom. The monoisotopic (exact) mass is 240 g/mol. The van der Waals surface area contributed by atoms with Crippen LogP contribution in [0.3, 0.4) is 0 Å². The van der Waals surface area contributed by atoms with Crippen LogP contribution in [0, 0.1) is 5.41 Å². The Morgan fingerprint density at radius 1 is 1.54 bits per heavy atom. The molecule has 0 aromatic carbocycles. The van der Waals surface area contributed by atoms with Gasteiger partial charge in [0.25, 0.3) is 0 Å². The van der Waals surface area contributed by atoms with E-state index in [1.165, 1.54) is 0 Å². The number of rotatable bonds is 1. The Bertz CT molecular complexity index is 335. The van der Waals surface area contributed by atoms with E-state index in [1.807, 2.05) is 18.3 Å². The molecule has 0 radical (unpaired) electrons. The highest BCUT2D eigenvalue weighted by atomic mass is 79.9. The third-order valence-electron chi connectivity index (χ3n) is 2.99. The number of nitrogens with two attached hydrogens (primary N) is 1. The van der Waals surface area contributed by atoms with Crippen molar-refractivity contribution in [2.24, 2.45) is 11.1 Å². The van der Waals surface area contributed by atoms with Crippen molar-refractivity contribution in [3.63, 3.8) is 0 Å². The van der Waals surface area contributed by atoms with Gasteiger partial charge < -0.3 is 5.73 Å². The fraction of sp³-hybridized carbons (Fsp3) is 0.500. The zero-order chi connectivity index (χ0) is 9.64. The maximum Gasteiger partial charge on any atom is 0.0597 e. The number of hydrogen-bond acceptors (Lipinski definition) is 2. The highest BCUT2D eigenvalue weighted by Crippen LogP contribution is 2.57. The summed E-state index contributed by atoms with van der Waals surface area (Å²) in [5.41, 5.74) is 7.29. The van der Waals surface area contributed by atoms with Crippen molar-refractivity contribution >= 4 is 15.9 Å². The van der Waals surface area contributed by atoms with Gasteiger partial charge in [-0.1, -0.05) is 13.8 Å². The summed E-state index contributed by atoms with van der Waals surface area (Å²) in [6, 6.07) is 4.19. The van der Waals surface area contributed by atoms with Crippen molar-refractivity contribution in [2.45, 2.75) is 25.8 Å². The maximum absolute atomic E-state index is 5.98. The molecule has 1 aromatic rings. The zero-order valence-electron chi connectivity index (χ0n) is 7.79. The first-order valence-corrected chi connectivity index (χ1v) is 5.20. The van der Waals surface area contributed by atoms with Crippen LogP contribution in [0.1, 0.15) is 25.5 Å². The van der Waals surface area contributed by atoms with Gasteiger partial charge in [-0.05, 0) is 33.5 Å². The highest BCUT2D eigenvalue weighted by Gasteiger charge is 2.57. The first kappa shape index (κ1) is 9.16. The Balaban J connectivity index is 2.34. The van der Waals surface area contributed by atoms with Crippen LogP contribution in [0.2, 0.25) is 0 Å². The molecule has 0 spiro atoms. The Kier molecular flexibility index (Phi) is 1.96. The minimum atomic E-state index is 0.205. The van der Waals surface area contributed by atoms with Crippen molar-refractivity contribution in [3.05, 3.63) is 28.5 Å². The van der Waals surface area contributed by atoms with Crippen molar-refractivity contribution < 1.29 is 0 Å². The maximum atomic E-state index is 5.98. The first-order chi connectivity index (χ1) is 6.05. The molecule has 0 bridgehead atoms. The van der Waals surface area contributed by atoms with E-state index in [0.29, 0.717) is 5.92 Å². The summed E-state index contributed by atoms with van der Waals surface area (Å²) in [7, 11) is 0. The minimum Gasteiger partial charge on any atom is -0.327 e. The van der Waals surface area contributed by atoms with Crippen LogP contribution >= 0.6 is 15.9 Å². The predicted octanol–water partition coefficient (Wildman–Crippen LogP) is 2.29. The minimum absolute atomic E-state index is 0.205. The average Bonchev–Trinajstić information content (AvgIpc) is 2.54. The fourth-order valence-electron chi connectivity index (χ4n) is 1.83. The molecule has 13 heavy (non-hydrogen) atoms. The number of halogens is 1. The molecule has 0 aliphatic heterocycles. The lowest BCUT2D eigenvalue weighted by atomic mass is 10.1. The van der Waals surface area contributed by atoms with Crippen LogP contribution in [0.15, 0.2) is 22.8 Å². The summed E-state index contributed by atoms with van der Waals surface area (Å²) in [5.74, 6) is 0.406. The van der Waals surface area contributed by atoms with Gasteiger partial charge in [-0.2, -0.15) is 0 Å². The van der Waals surface area contributed by atoms with Crippen molar-refractivity contribution in [2.75, 3.05) is 0 Å². The van der Waals surface area contributed by atoms with Crippen molar-refractivity contribution in [3.8, 4) is 0 Å². The average molecular weight is 241 g/mol. The van der Waals surface area contributed by atoms with Gasteiger partial charge in [-0.3, -0.25) is 4.98 Å². The molecule has 2 N–H and O–H groups in total. The number of pyridine rings is 1. The third-order valence-corrected chi connectivity index (χ3v) is 3.66. The third kappa shape index (κ3) is 1.30. The van der Waals surface area contributed by atoms with Gasteiger partial charge in [0.05, 0.1) is 5.69 Å². The molecule has 3 heteroatoms. The molecule has 0 unspecified atom stereocenters. The first-order valence-electron chi connectivity index (χ1n) is 4.41. The normalized spacial score (nSPS) is 30.2. The molecule has 2 nitrogen and oxygen atoms in total. The van der Waals surface area contributed by atoms with Gasteiger partial charge in [0.2, 0.25) is 0 Å². The zero-order valence-corrected chi connectivity index (χ0v) is 9.38.